The third-order valence-corrected chi connectivity index (χ3v) is 5.89. The van der Waals surface area contributed by atoms with Gasteiger partial charge in [0, 0.05) is 43.2 Å². The molecule has 0 atom stereocenters. The molecule has 4 aromatic rings. The van der Waals surface area contributed by atoms with E-state index in [-0.39, 0.29) is 17.7 Å². The smallest absolute Gasteiger partial charge is 0.324 e. The van der Waals surface area contributed by atoms with E-state index in [0.29, 0.717) is 36.2 Å². The Bertz CT molecular complexity index is 1410. The zero-order chi connectivity index (χ0) is 28.5. The predicted molar refractivity (Wildman–Crippen MR) is 154 cm³/mol. The van der Waals surface area contributed by atoms with Crippen molar-refractivity contribution < 1.29 is 19.1 Å². The Kier molecular flexibility index (Phi) is 9.13. The van der Waals surface area contributed by atoms with Crippen LogP contribution in [-0.4, -0.2) is 47.0 Å². The molecule has 0 aliphatic rings. The van der Waals surface area contributed by atoms with E-state index in [1.54, 1.807) is 60.6 Å². The van der Waals surface area contributed by atoms with Gasteiger partial charge >= 0.3 is 6.03 Å². The summed E-state index contributed by atoms with van der Waals surface area (Å²) >= 11 is 0. The van der Waals surface area contributed by atoms with Gasteiger partial charge in [-0.1, -0.05) is 32.9 Å². The van der Waals surface area contributed by atoms with Crippen molar-refractivity contribution in [1.82, 2.24) is 20.1 Å². The second-order valence-electron chi connectivity index (χ2n) is 10.2. The monoisotopic (exact) mass is 542 g/mol. The largest absolute Gasteiger partial charge is 0.457 e. The maximum atomic E-state index is 12.9. The number of rotatable bonds is 10. The van der Waals surface area contributed by atoms with Gasteiger partial charge in [-0.15, -0.1) is 0 Å². The first-order valence-corrected chi connectivity index (χ1v) is 12.9. The first-order chi connectivity index (χ1) is 19.2. The van der Waals surface area contributed by atoms with Gasteiger partial charge in [-0.3, -0.25) is 15.1 Å². The molecule has 3 N–H and O–H groups in total. The van der Waals surface area contributed by atoms with Crippen LogP contribution in [0.15, 0.2) is 79.1 Å². The lowest BCUT2D eigenvalue weighted by Gasteiger charge is -2.14. The molecule has 0 spiro atoms. The van der Waals surface area contributed by atoms with Crippen molar-refractivity contribution in [3.8, 4) is 17.2 Å². The fourth-order valence-corrected chi connectivity index (χ4v) is 3.76. The van der Waals surface area contributed by atoms with E-state index in [1.165, 1.54) is 0 Å². The van der Waals surface area contributed by atoms with Crippen LogP contribution < -0.4 is 20.7 Å². The summed E-state index contributed by atoms with van der Waals surface area (Å²) in [6, 6.07) is 19.6. The molecular weight excluding hydrogens is 508 g/mol. The van der Waals surface area contributed by atoms with Crippen molar-refractivity contribution in [1.29, 1.82) is 0 Å². The van der Waals surface area contributed by atoms with Crippen molar-refractivity contribution in [3.63, 3.8) is 0 Å². The number of nitrogens with zero attached hydrogens (tertiary/aromatic N) is 3. The van der Waals surface area contributed by atoms with Crippen LogP contribution in [0.3, 0.4) is 0 Å². The number of carbonyl (C=O) groups excluding carboxylic acids is 2. The highest BCUT2D eigenvalue weighted by atomic mass is 16.5. The molecule has 2 aromatic carbocycles. The van der Waals surface area contributed by atoms with Crippen molar-refractivity contribution in [2.75, 3.05) is 30.9 Å². The molecule has 10 nitrogen and oxygen atoms in total. The second kappa shape index (κ2) is 12.9. The number of aromatic nitrogens is 3. The molecule has 40 heavy (non-hydrogen) atoms. The first-order valence-electron chi connectivity index (χ1n) is 12.9. The van der Waals surface area contributed by atoms with Crippen molar-refractivity contribution >= 4 is 23.4 Å². The van der Waals surface area contributed by atoms with E-state index >= 15 is 0 Å². The van der Waals surface area contributed by atoms with Gasteiger partial charge in [0.15, 0.2) is 0 Å². The highest BCUT2D eigenvalue weighted by Gasteiger charge is 2.21. The van der Waals surface area contributed by atoms with E-state index in [9.17, 15) is 9.59 Å². The number of benzene rings is 2. The van der Waals surface area contributed by atoms with Crippen LogP contribution in [0.1, 0.15) is 32.0 Å². The summed E-state index contributed by atoms with van der Waals surface area (Å²) in [7, 11) is 1.59. The fourth-order valence-electron chi connectivity index (χ4n) is 3.76. The third-order valence-electron chi connectivity index (χ3n) is 5.89. The molecule has 0 aliphatic carbocycles. The number of hydrogen-bond donors (Lipinski definition) is 3. The molecule has 0 bridgehead atoms. The maximum absolute atomic E-state index is 12.9. The number of methoxy groups -OCH3 is 1. The van der Waals surface area contributed by atoms with E-state index in [2.05, 4.69) is 41.7 Å². The van der Waals surface area contributed by atoms with Gasteiger partial charge in [0.1, 0.15) is 17.3 Å². The zero-order valence-electron chi connectivity index (χ0n) is 23.1. The molecule has 0 unspecified atom stereocenters. The van der Waals surface area contributed by atoms with Gasteiger partial charge in [-0.05, 0) is 54.1 Å². The normalized spacial score (nSPS) is 11.1. The van der Waals surface area contributed by atoms with Gasteiger partial charge < -0.3 is 20.1 Å². The standard InChI is InChI=1S/C30H34N6O4/c1-30(2,3)26-20-27(36(35-26)23-9-5-21(6-10-23)19-28(37)32-17-18-39-4)34-29(38)33-22-7-11-24(12-8-22)40-25-13-15-31-16-14-25/h5-16,20H,17-19H2,1-4H3,(H,32,37)(H2,33,34,38). The quantitative estimate of drug-likeness (QED) is 0.234. The predicted octanol–water partition coefficient (Wildman–Crippen LogP) is 5.31. The summed E-state index contributed by atoms with van der Waals surface area (Å²) in [6.45, 7) is 7.12. The summed E-state index contributed by atoms with van der Waals surface area (Å²) in [5.74, 6) is 1.76. The zero-order valence-corrected chi connectivity index (χ0v) is 23.1. The highest BCUT2D eigenvalue weighted by Crippen LogP contribution is 2.27. The van der Waals surface area contributed by atoms with Crippen molar-refractivity contribution in [2.45, 2.75) is 32.6 Å². The molecule has 0 saturated heterocycles. The van der Waals surface area contributed by atoms with E-state index in [1.807, 2.05) is 30.3 Å². The molecule has 4 rings (SSSR count). The summed E-state index contributed by atoms with van der Waals surface area (Å²) in [6.07, 6.45) is 3.57. The van der Waals surface area contributed by atoms with Crippen LogP contribution in [0.25, 0.3) is 5.69 Å². The number of pyridine rings is 1. The highest BCUT2D eigenvalue weighted by molar-refractivity contribution is 5.99. The molecule has 3 amide bonds. The Balaban J connectivity index is 1.44. The Labute approximate surface area is 233 Å². The topological polar surface area (TPSA) is 119 Å². The lowest BCUT2D eigenvalue weighted by molar-refractivity contribution is -0.120. The molecule has 0 saturated carbocycles. The number of carbonyl (C=O) groups is 2. The Morgan fingerprint density at radius 2 is 1.57 bits per heavy atom. The van der Waals surface area contributed by atoms with E-state index in [4.69, 9.17) is 14.6 Å². The fraction of sp³-hybridized carbons (Fsp3) is 0.267. The average molecular weight is 543 g/mol. The van der Waals surface area contributed by atoms with Gasteiger partial charge in [-0.25, -0.2) is 9.48 Å². The second-order valence-corrected chi connectivity index (χ2v) is 10.2. The van der Waals surface area contributed by atoms with Gasteiger partial charge in [0.2, 0.25) is 5.91 Å². The molecule has 0 aliphatic heterocycles. The van der Waals surface area contributed by atoms with Crippen LogP contribution in [0.2, 0.25) is 0 Å². The summed E-state index contributed by atoms with van der Waals surface area (Å²) in [4.78, 5) is 29.0. The van der Waals surface area contributed by atoms with Crippen LogP contribution in [0.5, 0.6) is 11.5 Å². The Hall–Kier alpha value is -4.70. The number of urea groups is 1. The molecule has 2 aromatic heterocycles. The average Bonchev–Trinajstić information content (AvgIpc) is 3.35. The molecule has 0 radical (unpaired) electrons. The number of ether oxygens (including phenoxy) is 2. The summed E-state index contributed by atoms with van der Waals surface area (Å²) in [5, 5.41) is 13.3. The molecule has 10 heteroatoms. The first kappa shape index (κ1) is 28.3. The van der Waals surface area contributed by atoms with Crippen LogP contribution >= 0.6 is 0 Å². The van der Waals surface area contributed by atoms with Crippen LogP contribution in [0, 0.1) is 0 Å². The van der Waals surface area contributed by atoms with Gasteiger partial charge in [0.25, 0.3) is 0 Å². The summed E-state index contributed by atoms with van der Waals surface area (Å²) in [5.41, 5.74) is 2.82. The lowest BCUT2D eigenvalue weighted by atomic mass is 9.92. The maximum Gasteiger partial charge on any atom is 0.324 e. The van der Waals surface area contributed by atoms with Crippen molar-refractivity contribution in [2.24, 2.45) is 0 Å². The van der Waals surface area contributed by atoms with Crippen molar-refractivity contribution in [3.05, 3.63) is 90.4 Å². The molecule has 2 heterocycles. The third kappa shape index (κ3) is 7.90. The minimum absolute atomic E-state index is 0.0742. The van der Waals surface area contributed by atoms with E-state index < -0.39 is 6.03 Å². The minimum Gasteiger partial charge on any atom is -0.457 e. The van der Waals surface area contributed by atoms with Gasteiger partial charge in [-0.2, -0.15) is 5.10 Å². The lowest BCUT2D eigenvalue weighted by Crippen LogP contribution is -2.28. The number of hydrogen-bond acceptors (Lipinski definition) is 6. The molecule has 0 fully saturated rings. The van der Waals surface area contributed by atoms with Gasteiger partial charge in [0.05, 0.1) is 24.4 Å². The Morgan fingerprint density at radius 1 is 0.900 bits per heavy atom. The molecule has 208 valence electrons. The van der Waals surface area contributed by atoms with Crippen LogP contribution in [-0.2, 0) is 21.4 Å². The molecular formula is C30H34N6O4. The Morgan fingerprint density at radius 3 is 2.23 bits per heavy atom. The minimum atomic E-state index is -0.409. The van der Waals surface area contributed by atoms with E-state index in [0.717, 1.165) is 16.9 Å². The number of anilines is 2. The number of nitrogens with one attached hydrogen (secondary N) is 3. The summed E-state index contributed by atoms with van der Waals surface area (Å²) < 4.78 is 12.4. The number of amides is 3. The van der Waals surface area contributed by atoms with Crippen LogP contribution in [0.4, 0.5) is 16.3 Å². The SMILES string of the molecule is COCCNC(=O)Cc1ccc(-n2nc(C(C)(C)C)cc2NC(=O)Nc2ccc(Oc3ccncc3)cc2)cc1.